The van der Waals surface area contributed by atoms with Gasteiger partial charge in [0.15, 0.2) is 0 Å². The molecule has 1 heterocycles. The zero-order valence-corrected chi connectivity index (χ0v) is 15.9. The first-order valence-corrected chi connectivity index (χ1v) is 9.22. The number of nitrogens with one attached hydrogen (secondary N) is 2. The number of carbonyl (C=O) groups excluding carboxylic acids is 1. The second kappa shape index (κ2) is 9.07. The third-order valence-electron chi connectivity index (χ3n) is 4.50. The Bertz CT molecular complexity index is 904. The highest BCUT2D eigenvalue weighted by Crippen LogP contribution is 2.19. The third-order valence-corrected chi connectivity index (χ3v) is 4.50. The average molecular weight is 366 g/mol. The van der Waals surface area contributed by atoms with Crippen molar-refractivity contribution >= 4 is 17.1 Å². The number of ether oxygens (including phenoxy) is 1. The molecule has 0 saturated heterocycles. The van der Waals surface area contributed by atoms with Crippen LogP contribution in [0.15, 0.2) is 48.8 Å². The van der Waals surface area contributed by atoms with Crippen LogP contribution in [0.1, 0.15) is 17.5 Å². The molecule has 2 N–H and O–H groups in total. The van der Waals surface area contributed by atoms with E-state index in [4.69, 9.17) is 4.74 Å². The molecule has 2 aromatic carbocycles. The van der Waals surface area contributed by atoms with E-state index in [0.717, 1.165) is 41.7 Å². The molecule has 0 unspecified atom stereocenters. The molecular formula is C21H26N4O2. The van der Waals surface area contributed by atoms with E-state index in [0.29, 0.717) is 13.1 Å². The molecule has 0 aliphatic carbocycles. The lowest BCUT2D eigenvalue weighted by molar-refractivity contribution is 0.240. The number of aromatic nitrogens is 2. The van der Waals surface area contributed by atoms with Gasteiger partial charge in [-0.1, -0.05) is 29.8 Å². The molecule has 0 saturated carbocycles. The Morgan fingerprint density at radius 1 is 1.15 bits per heavy atom. The first-order chi connectivity index (χ1) is 13.2. The van der Waals surface area contributed by atoms with Gasteiger partial charge >= 0.3 is 6.03 Å². The predicted octanol–water partition coefficient (Wildman–Crippen LogP) is 3.29. The van der Waals surface area contributed by atoms with Gasteiger partial charge in [0.2, 0.25) is 0 Å². The van der Waals surface area contributed by atoms with Gasteiger partial charge in [-0.3, -0.25) is 0 Å². The first kappa shape index (κ1) is 18.8. The van der Waals surface area contributed by atoms with E-state index < -0.39 is 0 Å². The van der Waals surface area contributed by atoms with Gasteiger partial charge in [-0.05, 0) is 43.5 Å². The van der Waals surface area contributed by atoms with Crippen molar-refractivity contribution < 1.29 is 9.53 Å². The molecule has 0 atom stereocenters. The van der Waals surface area contributed by atoms with Gasteiger partial charge in [0, 0.05) is 19.6 Å². The molecule has 1 aromatic heterocycles. The molecule has 3 aromatic rings. The zero-order valence-electron chi connectivity index (χ0n) is 15.9. The van der Waals surface area contributed by atoms with Gasteiger partial charge in [0.1, 0.15) is 5.75 Å². The predicted molar refractivity (Wildman–Crippen MR) is 107 cm³/mol. The Morgan fingerprint density at radius 3 is 2.81 bits per heavy atom. The fourth-order valence-electron chi connectivity index (χ4n) is 3.12. The fraction of sp³-hybridized carbons (Fsp3) is 0.333. The van der Waals surface area contributed by atoms with Crippen molar-refractivity contribution in [1.29, 1.82) is 0 Å². The number of carbonyl (C=O) groups is 1. The summed E-state index contributed by atoms with van der Waals surface area (Å²) in [6.45, 7) is 4.05. The normalized spacial score (nSPS) is 10.7. The summed E-state index contributed by atoms with van der Waals surface area (Å²) >= 11 is 0. The lowest BCUT2D eigenvalue weighted by Crippen LogP contribution is -2.37. The van der Waals surface area contributed by atoms with Crippen LogP contribution in [-0.4, -0.2) is 35.8 Å². The highest BCUT2D eigenvalue weighted by atomic mass is 16.5. The lowest BCUT2D eigenvalue weighted by atomic mass is 10.1. The van der Waals surface area contributed by atoms with Crippen LogP contribution >= 0.6 is 0 Å². The van der Waals surface area contributed by atoms with Crippen LogP contribution in [0.2, 0.25) is 0 Å². The van der Waals surface area contributed by atoms with Gasteiger partial charge in [-0.15, -0.1) is 0 Å². The van der Waals surface area contributed by atoms with Crippen molar-refractivity contribution in [2.45, 2.75) is 26.3 Å². The van der Waals surface area contributed by atoms with Crippen LogP contribution in [0.5, 0.6) is 5.75 Å². The number of para-hydroxylation sites is 2. The molecule has 0 aliphatic rings. The van der Waals surface area contributed by atoms with Crippen LogP contribution in [0.4, 0.5) is 4.79 Å². The molecule has 2 amide bonds. The van der Waals surface area contributed by atoms with Crippen molar-refractivity contribution in [3.05, 3.63) is 59.9 Å². The number of methoxy groups -OCH3 is 1. The van der Waals surface area contributed by atoms with Crippen molar-refractivity contribution in [2.75, 3.05) is 20.2 Å². The minimum Gasteiger partial charge on any atom is -0.496 e. The van der Waals surface area contributed by atoms with Crippen molar-refractivity contribution in [3.63, 3.8) is 0 Å². The Morgan fingerprint density at radius 2 is 1.96 bits per heavy atom. The zero-order chi connectivity index (χ0) is 19.1. The molecular weight excluding hydrogens is 340 g/mol. The number of benzene rings is 2. The Balaban J connectivity index is 1.37. The van der Waals surface area contributed by atoms with Crippen LogP contribution in [0, 0.1) is 6.92 Å². The summed E-state index contributed by atoms with van der Waals surface area (Å²) < 4.78 is 7.48. The summed E-state index contributed by atoms with van der Waals surface area (Å²) in [5.41, 5.74) is 4.40. The molecule has 3 rings (SSSR count). The number of aryl methyl sites for hydroxylation is 2. The van der Waals surface area contributed by atoms with Crippen LogP contribution in [0.3, 0.4) is 0 Å². The van der Waals surface area contributed by atoms with E-state index in [1.807, 2.05) is 43.6 Å². The van der Waals surface area contributed by atoms with E-state index >= 15 is 0 Å². The van der Waals surface area contributed by atoms with E-state index in [-0.39, 0.29) is 6.03 Å². The smallest absolute Gasteiger partial charge is 0.314 e. The summed E-state index contributed by atoms with van der Waals surface area (Å²) in [7, 11) is 1.66. The van der Waals surface area contributed by atoms with Gasteiger partial charge in [-0.25, -0.2) is 9.78 Å². The summed E-state index contributed by atoms with van der Waals surface area (Å²) in [5.74, 6) is 0.857. The minimum absolute atomic E-state index is 0.142. The maximum atomic E-state index is 12.0. The van der Waals surface area contributed by atoms with Crippen molar-refractivity contribution in [2.24, 2.45) is 0 Å². The highest BCUT2D eigenvalue weighted by Gasteiger charge is 2.05. The summed E-state index contributed by atoms with van der Waals surface area (Å²) in [6, 6.07) is 14.0. The number of hydrogen-bond acceptors (Lipinski definition) is 3. The average Bonchev–Trinajstić information content (AvgIpc) is 3.09. The quantitative estimate of drug-likeness (QED) is 0.601. The van der Waals surface area contributed by atoms with Gasteiger partial charge in [-0.2, -0.15) is 0 Å². The lowest BCUT2D eigenvalue weighted by Gasteiger charge is -2.11. The molecule has 0 bridgehead atoms. The van der Waals surface area contributed by atoms with Gasteiger partial charge in [0.05, 0.1) is 24.5 Å². The SMILES string of the molecule is COc1ccc(C)cc1CCNC(=O)NCCCn1cnc2ccccc21. The molecule has 0 aliphatic heterocycles. The number of hydrogen-bond donors (Lipinski definition) is 2. The highest BCUT2D eigenvalue weighted by molar-refractivity contribution is 5.75. The molecule has 142 valence electrons. The number of rotatable bonds is 8. The Kier molecular flexibility index (Phi) is 6.30. The Hall–Kier alpha value is -3.02. The monoisotopic (exact) mass is 366 g/mol. The van der Waals surface area contributed by atoms with E-state index in [1.54, 1.807) is 7.11 Å². The number of nitrogens with zero attached hydrogens (tertiary/aromatic N) is 2. The Labute approximate surface area is 159 Å². The van der Waals surface area contributed by atoms with Gasteiger partial charge in [0.25, 0.3) is 0 Å². The molecule has 6 nitrogen and oxygen atoms in total. The largest absolute Gasteiger partial charge is 0.496 e. The molecule has 6 heteroatoms. The van der Waals surface area contributed by atoms with E-state index in [2.05, 4.69) is 32.3 Å². The second-order valence-corrected chi connectivity index (χ2v) is 6.53. The second-order valence-electron chi connectivity index (χ2n) is 6.53. The standard InChI is InChI=1S/C21H26N4O2/c1-16-8-9-20(27-2)17(14-16)10-12-23-21(26)22-11-5-13-25-15-24-18-6-3-4-7-19(18)25/h3-4,6-9,14-15H,5,10-13H2,1-2H3,(H2,22,23,26). The van der Waals surface area contributed by atoms with Crippen molar-refractivity contribution in [1.82, 2.24) is 20.2 Å². The van der Waals surface area contributed by atoms with E-state index in [9.17, 15) is 4.79 Å². The van der Waals surface area contributed by atoms with Crippen molar-refractivity contribution in [3.8, 4) is 5.75 Å². The summed E-state index contributed by atoms with van der Waals surface area (Å²) in [4.78, 5) is 16.3. The maximum Gasteiger partial charge on any atom is 0.314 e. The number of fused-ring (bicyclic) bond motifs is 1. The van der Waals surface area contributed by atoms with Crippen LogP contribution < -0.4 is 15.4 Å². The minimum atomic E-state index is -0.142. The topological polar surface area (TPSA) is 68.2 Å². The number of imidazole rings is 1. The third kappa shape index (κ3) is 5.00. The van der Waals surface area contributed by atoms with Crippen LogP contribution in [0.25, 0.3) is 11.0 Å². The maximum absolute atomic E-state index is 12.0. The van der Waals surface area contributed by atoms with Crippen LogP contribution in [-0.2, 0) is 13.0 Å². The number of amides is 2. The number of urea groups is 1. The molecule has 0 fully saturated rings. The fourth-order valence-corrected chi connectivity index (χ4v) is 3.12. The first-order valence-electron chi connectivity index (χ1n) is 9.22. The summed E-state index contributed by atoms with van der Waals surface area (Å²) in [6.07, 6.45) is 3.43. The van der Waals surface area contributed by atoms with E-state index in [1.165, 1.54) is 5.56 Å². The van der Waals surface area contributed by atoms with Gasteiger partial charge < -0.3 is 19.9 Å². The molecule has 27 heavy (non-hydrogen) atoms. The molecule has 0 spiro atoms. The molecule has 0 radical (unpaired) electrons. The summed E-state index contributed by atoms with van der Waals surface area (Å²) in [5, 5.41) is 5.80.